The van der Waals surface area contributed by atoms with Gasteiger partial charge in [0.15, 0.2) is 0 Å². The van der Waals surface area contributed by atoms with E-state index in [2.05, 4.69) is 26.2 Å². The summed E-state index contributed by atoms with van der Waals surface area (Å²) < 4.78 is 14.8. The zero-order chi connectivity index (χ0) is 19.1. The minimum atomic E-state index is -0.713. The molecule has 7 heteroatoms. The molecule has 5 nitrogen and oxygen atoms in total. The summed E-state index contributed by atoms with van der Waals surface area (Å²) in [6, 6.07) is 11.4. The van der Waals surface area contributed by atoms with Gasteiger partial charge in [0, 0.05) is 22.9 Å². The number of aromatic amines is 1. The second-order valence-electron chi connectivity index (χ2n) is 6.58. The van der Waals surface area contributed by atoms with E-state index >= 15 is 0 Å². The van der Waals surface area contributed by atoms with Crippen molar-refractivity contribution in [3.63, 3.8) is 0 Å². The average Bonchev–Trinajstić information content (AvgIpc) is 3.06. The number of nitrogens with zero attached hydrogens (tertiary/aromatic N) is 1. The minimum Gasteiger partial charge on any atom is -0.352 e. The summed E-state index contributed by atoms with van der Waals surface area (Å²) in [6.45, 7) is 2.67. The molecular weight excluding hydrogens is 413 g/mol. The zero-order valence-corrected chi connectivity index (χ0v) is 16.1. The van der Waals surface area contributed by atoms with Crippen LogP contribution in [-0.4, -0.2) is 34.8 Å². The molecule has 1 aromatic heterocycles. The van der Waals surface area contributed by atoms with Crippen LogP contribution in [-0.2, 0) is 4.79 Å². The SMILES string of the molecule is Cc1ccccc1C1C(=O)NCCN1C(=O)c1cc2c(F)cc(Br)cc2[nH]1. The van der Waals surface area contributed by atoms with Gasteiger partial charge in [-0.1, -0.05) is 40.2 Å². The number of carbonyl (C=O) groups excluding carboxylic acids is 2. The Morgan fingerprint density at radius 3 is 2.81 bits per heavy atom. The van der Waals surface area contributed by atoms with Gasteiger partial charge >= 0.3 is 0 Å². The molecule has 2 amide bonds. The van der Waals surface area contributed by atoms with Gasteiger partial charge in [-0.15, -0.1) is 0 Å². The molecule has 0 spiro atoms. The number of rotatable bonds is 2. The van der Waals surface area contributed by atoms with Crippen molar-refractivity contribution in [3.05, 3.63) is 69.6 Å². The molecule has 4 rings (SSSR count). The van der Waals surface area contributed by atoms with Gasteiger partial charge < -0.3 is 15.2 Å². The van der Waals surface area contributed by atoms with Crippen molar-refractivity contribution < 1.29 is 14.0 Å². The first-order valence-corrected chi connectivity index (χ1v) is 9.37. The highest BCUT2D eigenvalue weighted by Gasteiger charge is 2.36. The van der Waals surface area contributed by atoms with Crippen molar-refractivity contribution in [2.45, 2.75) is 13.0 Å². The number of carbonyl (C=O) groups is 2. The number of benzene rings is 2. The van der Waals surface area contributed by atoms with Crippen molar-refractivity contribution in [3.8, 4) is 0 Å². The molecule has 2 heterocycles. The van der Waals surface area contributed by atoms with Crippen LogP contribution in [0, 0.1) is 12.7 Å². The first kappa shape index (κ1) is 17.7. The number of halogens is 2. The number of hydrogen-bond donors (Lipinski definition) is 2. The molecule has 0 radical (unpaired) electrons. The second kappa shape index (κ2) is 6.81. The van der Waals surface area contributed by atoms with Crippen LogP contribution >= 0.6 is 15.9 Å². The van der Waals surface area contributed by atoms with Gasteiger partial charge in [-0.25, -0.2) is 4.39 Å². The molecule has 0 saturated carbocycles. The van der Waals surface area contributed by atoms with Crippen molar-refractivity contribution in [1.29, 1.82) is 0 Å². The van der Waals surface area contributed by atoms with Gasteiger partial charge in [0.2, 0.25) is 5.91 Å². The number of hydrogen-bond acceptors (Lipinski definition) is 2. The zero-order valence-electron chi connectivity index (χ0n) is 14.6. The predicted molar refractivity (Wildman–Crippen MR) is 104 cm³/mol. The van der Waals surface area contributed by atoms with E-state index in [4.69, 9.17) is 0 Å². The summed E-state index contributed by atoms with van der Waals surface area (Å²) in [7, 11) is 0. The van der Waals surface area contributed by atoms with E-state index in [1.54, 1.807) is 11.0 Å². The number of fused-ring (bicyclic) bond motifs is 1. The number of H-pyrrole nitrogens is 1. The first-order chi connectivity index (χ1) is 13.0. The molecule has 3 aromatic rings. The van der Waals surface area contributed by atoms with E-state index in [0.29, 0.717) is 28.5 Å². The van der Waals surface area contributed by atoms with Crippen LogP contribution in [0.3, 0.4) is 0 Å². The lowest BCUT2D eigenvalue weighted by molar-refractivity contribution is -0.128. The van der Waals surface area contributed by atoms with Crippen LogP contribution < -0.4 is 5.32 Å². The molecule has 27 heavy (non-hydrogen) atoms. The average molecular weight is 430 g/mol. The van der Waals surface area contributed by atoms with E-state index in [-0.39, 0.29) is 17.5 Å². The summed E-state index contributed by atoms with van der Waals surface area (Å²) in [4.78, 5) is 30.3. The maximum absolute atomic E-state index is 14.2. The predicted octanol–water partition coefficient (Wildman–Crippen LogP) is 3.69. The Bertz CT molecular complexity index is 1060. The number of aryl methyl sites for hydroxylation is 1. The Kier molecular flexibility index (Phi) is 4.47. The van der Waals surface area contributed by atoms with E-state index in [9.17, 15) is 14.0 Å². The highest BCUT2D eigenvalue weighted by Crippen LogP contribution is 2.29. The second-order valence-corrected chi connectivity index (χ2v) is 7.50. The standard InChI is InChI=1S/C20H17BrFN3O2/c1-11-4-2-3-5-13(11)18-19(26)23-6-7-25(18)20(27)17-10-14-15(22)8-12(21)9-16(14)24-17/h2-5,8-10,18,24H,6-7H2,1H3,(H,23,26). The Morgan fingerprint density at radius 1 is 1.26 bits per heavy atom. The molecule has 0 bridgehead atoms. The fourth-order valence-corrected chi connectivity index (χ4v) is 3.95. The normalized spacial score (nSPS) is 17.2. The van der Waals surface area contributed by atoms with Gasteiger partial charge in [-0.3, -0.25) is 9.59 Å². The summed E-state index contributed by atoms with van der Waals surface area (Å²) in [5, 5.41) is 3.17. The Hall–Kier alpha value is -2.67. The molecule has 1 saturated heterocycles. The Labute approximate surface area is 163 Å². The monoisotopic (exact) mass is 429 g/mol. The largest absolute Gasteiger partial charge is 0.352 e. The quantitative estimate of drug-likeness (QED) is 0.652. The molecule has 1 atom stereocenters. The van der Waals surface area contributed by atoms with Crippen molar-refractivity contribution in [1.82, 2.24) is 15.2 Å². The summed E-state index contributed by atoms with van der Waals surface area (Å²) in [6.07, 6.45) is 0. The van der Waals surface area contributed by atoms with Crippen LogP contribution in [0.25, 0.3) is 10.9 Å². The Balaban J connectivity index is 1.76. The first-order valence-electron chi connectivity index (χ1n) is 8.57. The summed E-state index contributed by atoms with van der Waals surface area (Å²) in [5.41, 5.74) is 2.51. The number of amides is 2. The third kappa shape index (κ3) is 3.12. The summed E-state index contributed by atoms with van der Waals surface area (Å²) in [5.74, 6) is -0.958. The highest BCUT2D eigenvalue weighted by atomic mass is 79.9. The molecule has 1 aliphatic heterocycles. The molecule has 1 unspecified atom stereocenters. The lowest BCUT2D eigenvalue weighted by Gasteiger charge is -2.35. The van der Waals surface area contributed by atoms with Gasteiger partial charge in [0.05, 0.1) is 5.52 Å². The van der Waals surface area contributed by atoms with Gasteiger partial charge in [0.25, 0.3) is 5.91 Å². The van der Waals surface area contributed by atoms with Gasteiger partial charge in [-0.05, 0) is 36.2 Å². The van der Waals surface area contributed by atoms with Crippen molar-refractivity contribution in [2.24, 2.45) is 0 Å². The van der Waals surface area contributed by atoms with E-state index < -0.39 is 11.9 Å². The van der Waals surface area contributed by atoms with E-state index in [0.717, 1.165) is 11.1 Å². The molecular formula is C20H17BrFN3O2. The van der Waals surface area contributed by atoms with Crippen LogP contribution in [0.2, 0.25) is 0 Å². The van der Waals surface area contributed by atoms with Gasteiger partial charge in [-0.2, -0.15) is 0 Å². The lowest BCUT2D eigenvalue weighted by Crippen LogP contribution is -2.52. The summed E-state index contributed by atoms with van der Waals surface area (Å²) >= 11 is 3.25. The molecule has 1 fully saturated rings. The van der Waals surface area contributed by atoms with Crippen LogP contribution in [0.4, 0.5) is 4.39 Å². The molecule has 2 aromatic carbocycles. The number of nitrogens with one attached hydrogen (secondary N) is 2. The molecule has 2 N–H and O–H groups in total. The number of aromatic nitrogens is 1. The van der Waals surface area contributed by atoms with E-state index in [1.807, 2.05) is 31.2 Å². The van der Waals surface area contributed by atoms with Gasteiger partial charge in [0.1, 0.15) is 17.6 Å². The maximum atomic E-state index is 14.2. The van der Waals surface area contributed by atoms with Crippen LogP contribution in [0.5, 0.6) is 0 Å². The Morgan fingerprint density at radius 2 is 2.04 bits per heavy atom. The lowest BCUT2D eigenvalue weighted by atomic mass is 9.97. The highest BCUT2D eigenvalue weighted by molar-refractivity contribution is 9.10. The molecule has 1 aliphatic rings. The van der Waals surface area contributed by atoms with Crippen LogP contribution in [0.15, 0.2) is 46.9 Å². The third-order valence-electron chi connectivity index (χ3n) is 4.84. The smallest absolute Gasteiger partial charge is 0.271 e. The topological polar surface area (TPSA) is 65.2 Å². The van der Waals surface area contributed by atoms with Crippen molar-refractivity contribution >= 4 is 38.6 Å². The minimum absolute atomic E-state index is 0.214. The fourth-order valence-electron chi connectivity index (χ4n) is 3.52. The molecule has 138 valence electrons. The van der Waals surface area contributed by atoms with Crippen molar-refractivity contribution in [2.75, 3.05) is 13.1 Å². The van der Waals surface area contributed by atoms with E-state index in [1.165, 1.54) is 12.1 Å². The number of piperazine rings is 1. The third-order valence-corrected chi connectivity index (χ3v) is 5.30. The fraction of sp³-hybridized carbons (Fsp3) is 0.200. The van der Waals surface area contributed by atoms with Crippen LogP contribution in [0.1, 0.15) is 27.7 Å². The maximum Gasteiger partial charge on any atom is 0.271 e. The molecule has 0 aliphatic carbocycles.